The molecule has 0 aliphatic heterocycles. The standard InChI is InChI=1S/C15H26N4O8/c1-6(16)12(23)17-7(2)13(24)19-11(8(3)20)14(25)18-9(15(26)27)4-5-10(21)22/h6-9,11,20H,4-5,16H2,1-3H3,(H,17,23)(H,18,25)(H,19,24)(H,21,22)(H,26,27). The highest BCUT2D eigenvalue weighted by Crippen LogP contribution is 2.02. The Hall–Kier alpha value is -2.73. The minimum Gasteiger partial charge on any atom is -0.481 e. The van der Waals surface area contributed by atoms with E-state index in [0.29, 0.717) is 0 Å². The SMILES string of the molecule is CC(N)C(=O)NC(C)C(=O)NC(C(=O)NC(CCC(=O)O)C(=O)O)C(C)O. The van der Waals surface area contributed by atoms with Crippen molar-refractivity contribution < 1.29 is 39.3 Å². The number of amides is 3. The number of carbonyl (C=O) groups is 5. The van der Waals surface area contributed by atoms with E-state index in [0.717, 1.165) is 0 Å². The van der Waals surface area contributed by atoms with Gasteiger partial charge in [0.15, 0.2) is 0 Å². The fraction of sp³-hybridized carbons (Fsp3) is 0.667. The Labute approximate surface area is 155 Å². The zero-order valence-electron chi connectivity index (χ0n) is 15.3. The highest BCUT2D eigenvalue weighted by molar-refractivity contribution is 5.94. The largest absolute Gasteiger partial charge is 0.481 e. The molecule has 8 N–H and O–H groups in total. The number of hydrogen-bond acceptors (Lipinski definition) is 7. The number of carboxylic acids is 2. The van der Waals surface area contributed by atoms with Crippen LogP contribution in [0.3, 0.4) is 0 Å². The third-order valence-electron chi connectivity index (χ3n) is 3.49. The van der Waals surface area contributed by atoms with Crippen LogP contribution in [0, 0.1) is 0 Å². The van der Waals surface area contributed by atoms with Gasteiger partial charge in [0, 0.05) is 6.42 Å². The lowest BCUT2D eigenvalue weighted by Crippen LogP contribution is -2.59. The van der Waals surface area contributed by atoms with Gasteiger partial charge in [0.05, 0.1) is 12.1 Å². The Morgan fingerprint density at radius 2 is 1.44 bits per heavy atom. The highest BCUT2D eigenvalue weighted by atomic mass is 16.4. The van der Waals surface area contributed by atoms with Gasteiger partial charge < -0.3 is 37.0 Å². The van der Waals surface area contributed by atoms with Crippen LogP contribution in [0.4, 0.5) is 0 Å². The van der Waals surface area contributed by atoms with Crippen molar-refractivity contribution in [2.75, 3.05) is 0 Å². The van der Waals surface area contributed by atoms with Crippen LogP contribution < -0.4 is 21.7 Å². The minimum absolute atomic E-state index is 0.377. The molecule has 5 atom stereocenters. The smallest absolute Gasteiger partial charge is 0.326 e. The van der Waals surface area contributed by atoms with Crippen LogP contribution in [0.25, 0.3) is 0 Å². The molecule has 0 heterocycles. The third-order valence-corrected chi connectivity index (χ3v) is 3.49. The van der Waals surface area contributed by atoms with Crippen molar-refractivity contribution in [2.45, 2.75) is 63.9 Å². The Morgan fingerprint density at radius 3 is 1.85 bits per heavy atom. The first-order chi connectivity index (χ1) is 12.4. The average molecular weight is 390 g/mol. The summed E-state index contributed by atoms with van der Waals surface area (Å²) < 4.78 is 0. The van der Waals surface area contributed by atoms with Crippen molar-refractivity contribution in [3.63, 3.8) is 0 Å². The highest BCUT2D eigenvalue weighted by Gasteiger charge is 2.31. The van der Waals surface area contributed by atoms with Crippen LogP contribution in [0.1, 0.15) is 33.6 Å². The van der Waals surface area contributed by atoms with Gasteiger partial charge in [0.1, 0.15) is 18.1 Å². The Kier molecular flexibility index (Phi) is 9.96. The molecule has 0 saturated heterocycles. The summed E-state index contributed by atoms with van der Waals surface area (Å²) in [5.41, 5.74) is 5.37. The number of rotatable bonds is 11. The summed E-state index contributed by atoms with van der Waals surface area (Å²) in [6.07, 6.45) is -2.26. The van der Waals surface area contributed by atoms with Gasteiger partial charge in [-0.05, 0) is 27.2 Å². The monoisotopic (exact) mass is 390 g/mol. The summed E-state index contributed by atoms with van der Waals surface area (Å²) in [4.78, 5) is 57.5. The molecule has 5 unspecified atom stereocenters. The van der Waals surface area contributed by atoms with Crippen LogP contribution >= 0.6 is 0 Å². The Bertz CT molecular complexity index is 578. The van der Waals surface area contributed by atoms with Crippen molar-refractivity contribution in [3.05, 3.63) is 0 Å². The lowest BCUT2D eigenvalue weighted by Gasteiger charge is -2.25. The molecule has 0 bridgehead atoms. The van der Waals surface area contributed by atoms with E-state index in [-0.39, 0.29) is 6.42 Å². The lowest BCUT2D eigenvalue weighted by atomic mass is 10.1. The van der Waals surface area contributed by atoms with Crippen molar-refractivity contribution in [3.8, 4) is 0 Å². The second-order valence-corrected chi connectivity index (χ2v) is 6.08. The van der Waals surface area contributed by atoms with E-state index in [1.54, 1.807) is 0 Å². The van der Waals surface area contributed by atoms with Gasteiger partial charge in [-0.3, -0.25) is 19.2 Å². The summed E-state index contributed by atoms with van der Waals surface area (Å²) >= 11 is 0. The first-order valence-corrected chi connectivity index (χ1v) is 8.16. The maximum Gasteiger partial charge on any atom is 0.326 e. The maximum absolute atomic E-state index is 12.2. The first kappa shape index (κ1) is 24.3. The molecule has 12 heteroatoms. The predicted octanol–water partition coefficient (Wildman–Crippen LogP) is -2.86. The van der Waals surface area contributed by atoms with Crippen LogP contribution in [0.5, 0.6) is 0 Å². The van der Waals surface area contributed by atoms with Crippen molar-refractivity contribution in [2.24, 2.45) is 5.73 Å². The molecule has 0 radical (unpaired) electrons. The zero-order valence-corrected chi connectivity index (χ0v) is 15.3. The number of aliphatic hydroxyl groups excluding tert-OH is 1. The summed E-state index contributed by atoms with van der Waals surface area (Å²) in [7, 11) is 0. The zero-order chi connectivity index (χ0) is 21.3. The quantitative estimate of drug-likeness (QED) is 0.193. The van der Waals surface area contributed by atoms with Crippen molar-refractivity contribution >= 4 is 29.7 Å². The van der Waals surface area contributed by atoms with Crippen LogP contribution in [-0.2, 0) is 24.0 Å². The minimum atomic E-state index is -1.51. The number of carbonyl (C=O) groups excluding carboxylic acids is 3. The second-order valence-electron chi connectivity index (χ2n) is 6.08. The maximum atomic E-state index is 12.2. The molecule has 0 aromatic heterocycles. The van der Waals surface area contributed by atoms with E-state index in [1.165, 1.54) is 20.8 Å². The molecule has 0 aromatic carbocycles. The molecule has 0 saturated carbocycles. The van der Waals surface area contributed by atoms with E-state index in [9.17, 15) is 29.1 Å². The van der Waals surface area contributed by atoms with Gasteiger partial charge in [-0.25, -0.2) is 4.79 Å². The molecular formula is C15H26N4O8. The Balaban J connectivity index is 5.01. The topological polar surface area (TPSA) is 208 Å². The number of aliphatic hydroxyl groups is 1. The number of carboxylic acid groups (broad SMARTS) is 2. The fourth-order valence-corrected chi connectivity index (χ4v) is 1.88. The van der Waals surface area contributed by atoms with Gasteiger partial charge in [-0.2, -0.15) is 0 Å². The fourth-order valence-electron chi connectivity index (χ4n) is 1.88. The number of nitrogens with one attached hydrogen (secondary N) is 3. The van der Waals surface area contributed by atoms with Gasteiger partial charge in [-0.15, -0.1) is 0 Å². The summed E-state index contributed by atoms with van der Waals surface area (Å²) in [5.74, 6) is -5.12. The van der Waals surface area contributed by atoms with E-state index in [2.05, 4.69) is 16.0 Å². The molecule has 0 rings (SSSR count). The van der Waals surface area contributed by atoms with Crippen molar-refractivity contribution in [1.82, 2.24) is 16.0 Å². The van der Waals surface area contributed by atoms with Crippen LogP contribution in [0.2, 0.25) is 0 Å². The van der Waals surface area contributed by atoms with E-state index < -0.39 is 66.4 Å². The van der Waals surface area contributed by atoms with Gasteiger partial charge in [0.25, 0.3) is 0 Å². The molecular weight excluding hydrogens is 364 g/mol. The van der Waals surface area contributed by atoms with E-state index in [4.69, 9.17) is 15.9 Å². The van der Waals surface area contributed by atoms with Crippen molar-refractivity contribution in [1.29, 1.82) is 0 Å². The molecule has 154 valence electrons. The molecule has 27 heavy (non-hydrogen) atoms. The van der Waals surface area contributed by atoms with E-state index >= 15 is 0 Å². The molecule has 3 amide bonds. The van der Waals surface area contributed by atoms with Crippen LogP contribution in [0.15, 0.2) is 0 Å². The van der Waals surface area contributed by atoms with Gasteiger partial charge in [0.2, 0.25) is 17.7 Å². The molecule has 0 spiro atoms. The summed E-state index contributed by atoms with van der Waals surface area (Å²) in [6.45, 7) is 3.94. The van der Waals surface area contributed by atoms with Crippen LogP contribution in [-0.4, -0.2) is 75.3 Å². The molecule has 12 nitrogen and oxygen atoms in total. The summed E-state index contributed by atoms with van der Waals surface area (Å²) in [5, 5.41) is 34.0. The number of aliphatic carboxylic acids is 2. The van der Waals surface area contributed by atoms with Gasteiger partial charge >= 0.3 is 11.9 Å². The molecule has 0 aromatic rings. The molecule has 0 aliphatic rings. The molecule has 0 fully saturated rings. The lowest BCUT2D eigenvalue weighted by molar-refractivity contribution is -0.144. The first-order valence-electron chi connectivity index (χ1n) is 8.16. The average Bonchev–Trinajstić information content (AvgIpc) is 2.54. The normalized spacial score (nSPS) is 16.2. The second kappa shape index (κ2) is 11.1. The molecule has 0 aliphatic carbocycles. The predicted molar refractivity (Wildman–Crippen MR) is 91.3 cm³/mol. The third kappa shape index (κ3) is 8.96. The number of nitrogens with two attached hydrogens (primary N) is 1. The number of hydrogen-bond donors (Lipinski definition) is 7. The van der Waals surface area contributed by atoms with Gasteiger partial charge in [-0.1, -0.05) is 0 Å². The summed E-state index contributed by atoms with van der Waals surface area (Å²) in [6, 6.07) is -4.96. The Morgan fingerprint density at radius 1 is 0.889 bits per heavy atom. The van der Waals surface area contributed by atoms with E-state index in [1.807, 2.05) is 0 Å².